The maximum Gasteiger partial charge on any atom is 0.264 e. The van der Waals surface area contributed by atoms with Crippen LogP contribution >= 0.6 is 22.9 Å². The molecular formula is C19H17ClN4O3S2. The minimum absolute atomic E-state index is 0.0113. The molecule has 0 saturated carbocycles. The second-order valence-corrected chi connectivity index (χ2v) is 9.98. The van der Waals surface area contributed by atoms with Crippen molar-refractivity contribution in [2.45, 2.75) is 24.7 Å². The molecule has 150 valence electrons. The Labute approximate surface area is 177 Å². The predicted molar refractivity (Wildman–Crippen MR) is 113 cm³/mol. The lowest BCUT2D eigenvalue weighted by Crippen LogP contribution is -2.35. The van der Waals surface area contributed by atoms with E-state index < -0.39 is 15.9 Å². The van der Waals surface area contributed by atoms with Gasteiger partial charge in [0.05, 0.1) is 21.2 Å². The Morgan fingerprint density at radius 1 is 1.21 bits per heavy atom. The number of nitrogens with zero attached hydrogens (tertiary/aromatic N) is 3. The highest BCUT2D eigenvalue weighted by molar-refractivity contribution is 7.92. The SMILES string of the molecule is Cc1nnc(NC(=O)c2cc(S(=O)(=O)N3CCCc4ccccc43)ccc2Cl)s1. The molecule has 0 atom stereocenters. The Bertz CT molecular complexity index is 1190. The highest BCUT2D eigenvalue weighted by Gasteiger charge is 2.30. The summed E-state index contributed by atoms with van der Waals surface area (Å²) in [7, 11) is -3.85. The topological polar surface area (TPSA) is 92.3 Å². The first-order valence-electron chi connectivity index (χ1n) is 8.88. The Kier molecular flexibility index (Phi) is 5.28. The van der Waals surface area contributed by atoms with E-state index in [4.69, 9.17) is 11.6 Å². The van der Waals surface area contributed by atoms with Crippen molar-refractivity contribution >= 4 is 49.7 Å². The van der Waals surface area contributed by atoms with Gasteiger partial charge >= 0.3 is 0 Å². The first kappa shape index (κ1) is 19.8. The summed E-state index contributed by atoms with van der Waals surface area (Å²) in [4.78, 5) is 12.6. The van der Waals surface area contributed by atoms with Crippen molar-refractivity contribution in [1.82, 2.24) is 10.2 Å². The fourth-order valence-corrected chi connectivity index (χ4v) is 5.58. The van der Waals surface area contributed by atoms with Gasteiger partial charge in [-0.05, 0) is 49.6 Å². The third kappa shape index (κ3) is 3.85. The molecule has 0 unspecified atom stereocenters. The van der Waals surface area contributed by atoms with E-state index in [0.29, 0.717) is 22.4 Å². The van der Waals surface area contributed by atoms with Crippen LogP contribution in [0.3, 0.4) is 0 Å². The van der Waals surface area contributed by atoms with Crippen LogP contribution in [0.5, 0.6) is 0 Å². The molecule has 29 heavy (non-hydrogen) atoms. The van der Waals surface area contributed by atoms with Crippen molar-refractivity contribution in [3.05, 3.63) is 63.6 Å². The number of carbonyl (C=O) groups is 1. The molecule has 10 heteroatoms. The van der Waals surface area contributed by atoms with Gasteiger partial charge in [0, 0.05) is 6.54 Å². The zero-order valence-corrected chi connectivity index (χ0v) is 17.8. The molecule has 0 saturated heterocycles. The van der Waals surface area contributed by atoms with E-state index in [9.17, 15) is 13.2 Å². The molecule has 4 rings (SSSR count). The lowest BCUT2D eigenvalue weighted by Gasteiger charge is -2.30. The van der Waals surface area contributed by atoms with E-state index in [1.807, 2.05) is 18.2 Å². The lowest BCUT2D eigenvalue weighted by molar-refractivity contribution is 0.102. The van der Waals surface area contributed by atoms with Gasteiger partial charge in [-0.2, -0.15) is 0 Å². The van der Waals surface area contributed by atoms with E-state index >= 15 is 0 Å². The molecule has 0 fully saturated rings. The fourth-order valence-electron chi connectivity index (χ4n) is 3.23. The van der Waals surface area contributed by atoms with Crippen LogP contribution in [-0.4, -0.2) is 31.1 Å². The van der Waals surface area contributed by atoms with Crippen LogP contribution in [-0.2, 0) is 16.4 Å². The van der Waals surface area contributed by atoms with Gasteiger partial charge in [-0.1, -0.05) is 41.1 Å². The number of sulfonamides is 1. The lowest BCUT2D eigenvalue weighted by atomic mass is 10.0. The largest absolute Gasteiger partial charge is 0.296 e. The number of hydrogen-bond acceptors (Lipinski definition) is 6. The molecule has 7 nitrogen and oxygen atoms in total. The zero-order chi connectivity index (χ0) is 20.6. The summed E-state index contributed by atoms with van der Waals surface area (Å²) in [5.41, 5.74) is 1.72. The maximum atomic E-state index is 13.3. The Balaban J connectivity index is 1.69. The number of amides is 1. The summed E-state index contributed by atoms with van der Waals surface area (Å²) < 4.78 is 28.1. The average Bonchev–Trinajstić information content (AvgIpc) is 3.12. The quantitative estimate of drug-likeness (QED) is 0.653. The molecule has 1 aliphatic rings. The maximum absolute atomic E-state index is 13.3. The van der Waals surface area contributed by atoms with Crippen molar-refractivity contribution in [1.29, 1.82) is 0 Å². The molecule has 0 aliphatic carbocycles. The number of benzene rings is 2. The summed E-state index contributed by atoms with van der Waals surface area (Å²) in [6.45, 7) is 2.15. The minimum Gasteiger partial charge on any atom is -0.296 e. The van der Waals surface area contributed by atoms with Gasteiger partial charge in [0.15, 0.2) is 0 Å². The number of aryl methyl sites for hydroxylation is 2. The van der Waals surface area contributed by atoms with Crippen LogP contribution in [0.1, 0.15) is 27.3 Å². The van der Waals surface area contributed by atoms with E-state index in [-0.39, 0.29) is 15.5 Å². The van der Waals surface area contributed by atoms with Gasteiger partial charge in [-0.25, -0.2) is 8.42 Å². The first-order chi connectivity index (χ1) is 13.9. The average molecular weight is 449 g/mol. The highest BCUT2D eigenvalue weighted by atomic mass is 35.5. The Morgan fingerprint density at radius 2 is 2.00 bits per heavy atom. The molecule has 0 bridgehead atoms. The first-order valence-corrected chi connectivity index (χ1v) is 11.5. The van der Waals surface area contributed by atoms with E-state index in [1.54, 1.807) is 13.0 Å². The molecule has 1 aromatic heterocycles. The molecule has 1 amide bonds. The van der Waals surface area contributed by atoms with Gasteiger partial charge in [0.25, 0.3) is 15.9 Å². The number of anilines is 2. The standard InChI is InChI=1S/C19H17ClN4O3S2/c1-12-22-23-19(28-12)21-18(25)15-11-14(8-9-16(15)20)29(26,27)24-10-4-6-13-5-2-3-7-17(13)24/h2-3,5,7-9,11H,4,6,10H2,1H3,(H,21,23,25). The molecule has 1 N–H and O–H groups in total. The summed E-state index contributed by atoms with van der Waals surface area (Å²) >= 11 is 7.40. The zero-order valence-electron chi connectivity index (χ0n) is 15.4. The van der Waals surface area contributed by atoms with Crippen LogP contribution in [0, 0.1) is 6.92 Å². The molecule has 2 heterocycles. The summed E-state index contributed by atoms with van der Waals surface area (Å²) in [5, 5.41) is 11.5. The van der Waals surface area contributed by atoms with E-state index in [2.05, 4.69) is 15.5 Å². The number of carbonyl (C=O) groups excluding carboxylic acids is 1. The highest BCUT2D eigenvalue weighted by Crippen LogP contribution is 2.33. The van der Waals surface area contributed by atoms with Gasteiger partial charge in [0.2, 0.25) is 5.13 Å². The van der Waals surface area contributed by atoms with Crippen LogP contribution in [0.25, 0.3) is 0 Å². The monoisotopic (exact) mass is 448 g/mol. The number of aromatic nitrogens is 2. The van der Waals surface area contributed by atoms with Crippen molar-refractivity contribution in [3.8, 4) is 0 Å². The Morgan fingerprint density at radius 3 is 2.76 bits per heavy atom. The molecule has 0 radical (unpaired) electrons. The third-order valence-corrected chi connectivity index (χ3v) is 7.48. The number of nitrogens with one attached hydrogen (secondary N) is 1. The number of halogens is 1. The molecule has 1 aliphatic heterocycles. The second kappa shape index (κ2) is 7.74. The van der Waals surface area contributed by atoms with E-state index in [0.717, 1.165) is 18.4 Å². The number of hydrogen-bond donors (Lipinski definition) is 1. The van der Waals surface area contributed by atoms with Gasteiger partial charge in [-0.3, -0.25) is 14.4 Å². The van der Waals surface area contributed by atoms with Crippen molar-refractivity contribution < 1.29 is 13.2 Å². The normalized spacial score (nSPS) is 13.8. The van der Waals surface area contributed by atoms with Crippen molar-refractivity contribution in [2.75, 3.05) is 16.2 Å². The summed E-state index contributed by atoms with van der Waals surface area (Å²) in [5.74, 6) is -0.540. The third-order valence-electron chi connectivity index (χ3n) is 4.58. The number of fused-ring (bicyclic) bond motifs is 1. The molecule has 2 aromatic carbocycles. The van der Waals surface area contributed by atoms with E-state index in [1.165, 1.54) is 33.8 Å². The minimum atomic E-state index is -3.85. The number of para-hydroxylation sites is 1. The second-order valence-electron chi connectivity index (χ2n) is 6.53. The number of rotatable bonds is 4. The Hall–Kier alpha value is -2.49. The summed E-state index contributed by atoms with van der Waals surface area (Å²) in [6, 6.07) is 11.6. The summed E-state index contributed by atoms with van der Waals surface area (Å²) in [6.07, 6.45) is 1.56. The molecule has 0 spiro atoms. The van der Waals surface area contributed by atoms with Gasteiger partial charge < -0.3 is 0 Å². The van der Waals surface area contributed by atoms with Crippen LogP contribution in [0.2, 0.25) is 5.02 Å². The molecular weight excluding hydrogens is 432 g/mol. The van der Waals surface area contributed by atoms with Crippen LogP contribution in [0.4, 0.5) is 10.8 Å². The predicted octanol–water partition coefficient (Wildman–Crippen LogP) is 3.89. The van der Waals surface area contributed by atoms with Crippen LogP contribution in [0.15, 0.2) is 47.4 Å². The smallest absolute Gasteiger partial charge is 0.264 e. The van der Waals surface area contributed by atoms with Gasteiger partial charge in [0.1, 0.15) is 5.01 Å². The van der Waals surface area contributed by atoms with Crippen molar-refractivity contribution in [2.24, 2.45) is 0 Å². The van der Waals surface area contributed by atoms with Crippen molar-refractivity contribution in [3.63, 3.8) is 0 Å². The molecule has 3 aromatic rings. The fraction of sp³-hybridized carbons (Fsp3) is 0.211. The van der Waals surface area contributed by atoms with Gasteiger partial charge in [-0.15, -0.1) is 10.2 Å². The van der Waals surface area contributed by atoms with Crippen LogP contribution < -0.4 is 9.62 Å².